The van der Waals surface area contributed by atoms with Gasteiger partial charge in [-0.1, -0.05) is 19.9 Å². The maximum Gasteiger partial charge on any atom is 0.419 e. The molecule has 0 radical (unpaired) electrons. The highest BCUT2D eigenvalue weighted by molar-refractivity contribution is 7.90. The topological polar surface area (TPSA) is 109 Å². The predicted octanol–water partition coefficient (Wildman–Crippen LogP) is 2.46. The molecule has 0 aliphatic carbocycles. The van der Waals surface area contributed by atoms with Crippen molar-refractivity contribution in [1.29, 1.82) is 0 Å². The first kappa shape index (κ1) is 22.5. The average Bonchev–Trinajstić information content (AvgIpc) is 2.56. The summed E-state index contributed by atoms with van der Waals surface area (Å²) in [5.41, 5.74) is -2.77. The molecule has 0 aliphatic heterocycles. The third-order valence-electron chi connectivity index (χ3n) is 3.91. The summed E-state index contributed by atoms with van der Waals surface area (Å²) >= 11 is 0. The molecule has 0 fully saturated rings. The van der Waals surface area contributed by atoms with Crippen LogP contribution in [0.25, 0.3) is 0 Å². The Morgan fingerprint density at radius 1 is 1.21 bits per heavy atom. The maximum absolute atomic E-state index is 13.9. The van der Waals surface area contributed by atoms with Crippen molar-refractivity contribution in [2.24, 2.45) is 5.92 Å². The number of rotatable bonds is 5. The molecule has 12 heteroatoms. The molecular weight excluding hydrogens is 418 g/mol. The lowest BCUT2D eigenvalue weighted by Gasteiger charge is -2.23. The second kappa shape index (κ2) is 7.93. The van der Waals surface area contributed by atoms with Crippen LogP contribution in [0.15, 0.2) is 34.2 Å². The van der Waals surface area contributed by atoms with Gasteiger partial charge in [0.05, 0.1) is 11.6 Å². The Bertz CT molecular complexity index is 1090. The van der Waals surface area contributed by atoms with Crippen molar-refractivity contribution in [3.63, 3.8) is 0 Å². The Morgan fingerprint density at radius 2 is 1.83 bits per heavy atom. The van der Waals surface area contributed by atoms with Gasteiger partial charge < -0.3 is 5.32 Å². The van der Waals surface area contributed by atoms with Gasteiger partial charge in [0.15, 0.2) is 0 Å². The van der Waals surface area contributed by atoms with Crippen molar-refractivity contribution >= 4 is 15.7 Å². The quantitative estimate of drug-likeness (QED) is 0.554. The number of hydrogen-bond acceptors (Lipinski definition) is 5. The van der Waals surface area contributed by atoms with E-state index in [0.29, 0.717) is 12.1 Å². The molecule has 0 spiro atoms. The highest BCUT2D eigenvalue weighted by Gasteiger charge is 2.34. The molecule has 2 aromatic rings. The van der Waals surface area contributed by atoms with Crippen molar-refractivity contribution in [2.75, 3.05) is 6.26 Å². The van der Waals surface area contributed by atoms with Crippen LogP contribution in [0.3, 0.4) is 0 Å². The largest absolute Gasteiger partial charge is 0.419 e. The summed E-state index contributed by atoms with van der Waals surface area (Å²) in [7, 11) is -3.91. The first-order valence-electron chi connectivity index (χ1n) is 8.19. The standard InChI is InChI=1S/C17H17F4N3O4S/c1-8(2)14(9-4-5-10(11(18)6-9)17(19,20)21)24-15(26)12-7-13(25)23-16(22-12)29(3,27)28/h4-8,14H,1-3H3,(H,24,26)(H,22,23,25)/t14-/m1/s1. The number of nitrogens with zero attached hydrogens (tertiary/aromatic N) is 1. The lowest BCUT2D eigenvalue weighted by atomic mass is 9.94. The van der Waals surface area contributed by atoms with Crippen molar-refractivity contribution in [3.05, 3.63) is 57.3 Å². The molecule has 158 valence electrons. The van der Waals surface area contributed by atoms with Gasteiger partial charge >= 0.3 is 6.18 Å². The minimum Gasteiger partial charge on any atom is -0.344 e. The highest BCUT2D eigenvalue weighted by atomic mass is 32.2. The van der Waals surface area contributed by atoms with E-state index < -0.39 is 55.8 Å². The molecule has 1 atom stereocenters. The molecule has 1 heterocycles. The van der Waals surface area contributed by atoms with Gasteiger partial charge in [-0.15, -0.1) is 0 Å². The fraction of sp³-hybridized carbons (Fsp3) is 0.353. The number of alkyl halides is 3. The molecule has 1 aromatic heterocycles. The van der Waals surface area contributed by atoms with Gasteiger partial charge in [0, 0.05) is 12.3 Å². The fourth-order valence-electron chi connectivity index (χ4n) is 2.53. The maximum atomic E-state index is 13.9. The van der Waals surface area contributed by atoms with E-state index in [0.717, 1.165) is 18.4 Å². The van der Waals surface area contributed by atoms with Gasteiger partial charge in [-0.25, -0.2) is 17.8 Å². The smallest absolute Gasteiger partial charge is 0.344 e. The molecule has 2 rings (SSSR count). The van der Waals surface area contributed by atoms with Crippen molar-refractivity contribution in [1.82, 2.24) is 15.3 Å². The molecule has 0 saturated heterocycles. The van der Waals surface area contributed by atoms with Crippen LogP contribution in [0, 0.1) is 11.7 Å². The number of halogens is 4. The summed E-state index contributed by atoms with van der Waals surface area (Å²) in [5, 5.41) is 1.73. The van der Waals surface area contributed by atoms with Gasteiger partial charge in [-0.2, -0.15) is 13.2 Å². The monoisotopic (exact) mass is 435 g/mol. The Morgan fingerprint density at radius 3 is 2.31 bits per heavy atom. The molecule has 0 saturated carbocycles. The zero-order valence-electron chi connectivity index (χ0n) is 15.5. The van der Waals surface area contributed by atoms with Crippen LogP contribution in [0.4, 0.5) is 17.6 Å². The highest BCUT2D eigenvalue weighted by Crippen LogP contribution is 2.33. The summed E-state index contributed by atoms with van der Waals surface area (Å²) < 4.78 is 75.3. The number of aromatic nitrogens is 2. The summed E-state index contributed by atoms with van der Waals surface area (Å²) in [6, 6.07) is 2.11. The second-order valence-electron chi connectivity index (χ2n) is 6.64. The van der Waals surface area contributed by atoms with Crippen LogP contribution in [-0.4, -0.2) is 30.5 Å². The number of carbonyl (C=O) groups is 1. The number of aromatic amines is 1. The SMILES string of the molecule is CC(C)[C@@H](NC(=O)c1cc(=O)[nH]c(S(C)(=O)=O)n1)c1ccc(C(F)(F)F)c(F)c1. The third-order valence-corrected chi connectivity index (χ3v) is 4.81. The van der Waals surface area contributed by atoms with Gasteiger partial charge in [0.2, 0.25) is 15.0 Å². The van der Waals surface area contributed by atoms with E-state index in [1.807, 2.05) is 4.98 Å². The average molecular weight is 435 g/mol. The minimum atomic E-state index is -4.86. The Hall–Kier alpha value is -2.76. The van der Waals surface area contributed by atoms with Crippen LogP contribution in [0.2, 0.25) is 0 Å². The number of amides is 1. The van der Waals surface area contributed by atoms with Gasteiger partial charge in [0.25, 0.3) is 11.5 Å². The predicted molar refractivity (Wildman–Crippen MR) is 94.4 cm³/mol. The molecule has 1 aromatic carbocycles. The molecule has 0 aliphatic rings. The zero-order valence-corrected chi connectivity index (χ0v) is 16.3. The first-order chi connectivity index (χ1) is 13.2. The van der Waals surface area contributed by atoms with E-state index in [4.69, 9.17) is 0 Å². The van der Waals surface area contributed by atoms with Gasteiger partial charge in [-0.05, 0) is 23.6 Å². The van der Waals surface area contributed by atoms with Gasteiger partial charge in [-0.3, -0.25) is 14.6 Å². The molecule has 2 N–H and O–H groups in total. The minimum absolute atomic E-state index is 0.0621. The number of hydrogen-bond donors (Lipinski definition) is 2. The number of H-pyrrole nitrogens is 1. The molecule has 0 bridgehead atoms. The van der Waals surface area contributed by atoms with Crippen LogP contribution in [0.5, 0.6) is 0 Å². The molecular formula is C17H17F4N3O4S. The summed E-state index contributed by atoms with van der Waals surface area (Å²) in [6.45, 7) is 3.27. The van der Waals surface area contributed by atoms with Crippen molar-refractivity contribution in [2.45, 2.75) is 31.2 Å². The fourth-order valence-corrected chi connectivity index (χ4v) is 3.08. The normalized spacial score (nSPS) is 13.4. The Kier molecular flexibility index (Phi) is 6.16. The van der Waals surface area contributed by atoms with E-state index in [2.05, 4.69) is 10.3 Å². The number of benzene rings is 1. The molecule has 29 heavy (non-hydrogen) atoms. The van der Waals surface area contributed by atoms with E-state index >= 15 is 0 Å². The van der Waals surface area contributed by atoms with Crippen molar-refractivity contribution < 1.29 is 30.8 Å². The number of sulfone groups is 1. The van der Waals surface area contributed by atoms with Crippen LogP contribution in [0.1, 0.15) is 41.5 Å². The zero-order chi connectivity index (χ0) is 22.1. The van der Waals surface area contributed by atoms with E-state index in [1.54, 1.807) is 13.8 Å². The summed E-state index contributed by atoms with van der Waals surface area (Å²) in [6.07, 6.45) is -4.08. The summed E-state index contributed by atoms with van der Waals surface area (Å²) in [4.78, 5) is 29.7. The van der Waals surface area contributed by atoms with E-state index in [1.165, 1.54) is 0 Å². The Labute approximate surface area is 163 Å². The first-order valence-corrected chi connectivity index (χ1v) is 10.1. The van der Waals surface area contributed by atoms with E-state index in [9.17, 15) is 35.6 Å². The van der Waals surface area contributed by atoms with Crippen molar-refractivity contribution in [3.8, 4) is 0 Å². The van der Waals surface area contributed by atoms with E-state index in [-0.39, 0.29) is 11.5 Å². The lowest BCUT2D eigenvalue weighted by molar-refractivity contribution is -0.140. The Balaban J connectivity index is 2.40. The second-order valence-corrected chi connectivity index (χ2v) is 8.57. The molecule has 1 amide bonds. The third kappa shape index (κ3) is 5.40. The van der Waals surface area contributed by atoms with Crippen LogP contribution in [-0.2, 0) is 16.0 Å². The van der Waals surface area contributed by atoms with Crippen LogP contribution >= 0.6 is 0 Å². The number of carbonyl (C=O) groups excluding carboxylic acids is 1. The molecule has 0 unspecified atom stereocenters. The number of nitrogens with one attached hydrogen (secondary N) is 2. The van der Waals surface area contributed by atoms with Gasteiger partial charge in [0.1, 0.15) is 11.5 Å². The lowest BCUT2D eigenvalue weighted by Crippen LogP contribution is -2.33. The van der Waals surface area contributed by atoms with Crippen LogP contribution < -0.4 is 10.9 Å². The summed E-state index contributed by atoms with van der Waals surface area (Å²) in [5.74, 6) is -2.82. The molecule has 7 nitrogen and oxygen atoms in total.